The van der Waals surface area contributed by atoms with Gasteiger partial charge in [-0.3, -0.25) is 19.2 Å². The molecule has 36 heavy (non-hydrogen) atoms. The summed E-state index contributed by atoms with van der Waals surface area (Å²) in [6.07, 6.45) is 3.22. The Balaban J connectivity index is 3.33. The smallest absolute Gasteiger partial charge is 0.328 e. The summed E-state index contributed by atoms with van der Waals surface area (Å²) in [5, 5.41) is 5.20. The lowest BCUT2D eigenvalue weighted by molar-refractivity contribution is -0.161. The van der Waals surface area contributed by atoms with Crippen molar-refractivity contribution < 1.29 is 28.7 Å². The number of allylic oxidation sites excluding steroid dienone is 1. The van der Waals surface area contributed by atoms with Crippen LogP contribution in [-0.4, -0.2) is 60.2 Å². The topological polar surface area (TPSA) is 148 Å². The van der Waals surface area contributed by atoms with Crippen LogP contribution >= 0.6 is 0 Å². The number of nitrogens with zero attached hydrogens (tertiary/aromatic N) is 1. The van der Waals surface area contributed by atoms with E-state index < -0.39 is 47.7 Å². The third kappa shape index (κ3) is 10.6. The van der Waals surface area contributed by atoms with E-state index in [1.54, 1.807) is 6.92 Å². The molecule has 10 nitrogen and oxygen atoms in total. The van der Waals surface area contributed by atoms with Gasteiger partial charge in [0, 0.05) is 25.2 Å². The maximum absolute atomic E-state index is 13.2. The van der Waals surface area contributed by atoms with Gasteiger partial charge < -0.3 is 26.0 Å². The number of amides is 4. The van der Waals surface area contributed by atoms with Crippen LogP contribution in [0, 0.1) is 23.7 Å². The Bertz CT molecular complexity index is 868. The molecule has 1 rings (SSSR count). The molecule has 4 N–H and O–H groups in total. The van der Waals surface area contributed by atoms with Gasteiger partial charge in [0.1, 0.15) is 12.1 Å². The molecule has 5 atom stereocenters. The average Bonchev–Trinajstić information content (AvgIpc) is 2.76. The molecule has 0 saturated carbocycles. The predicted octanol–water partition coefficient (Wildman–Crippen LogP) is 1.65. The van der Waals surface area contributed by atoms with Crippen LogP contribution in [0.3, 0.4) is 0 Å². The van der Waals surface area contributed by atoms with Gasteiger partial charge in [0.05, 0.1) is 12.5 Å². The van der Waals surface area contributed by atoms with Gasteiger partial charge >= 0.3 is 5.97 Å². The van der Waals surface area contributed by atoms with Crippen molar-refractivity contribution in [3.8, 4) is 0 Å². The zero-order chi connectivity index (χ0) is 27.6. The molecule has 1 heterocycles. The Morgan fingerprint density at radius 2 is 1.81 bits per heavy atom. The summed E-state index contributed by atoms with van der Waals surface area (Å²) >= 11 is 0. The quantitative estimate of drug-likeness (QED) is 0.426. The monoisotopic (exact) mass is 506 g/mol. The molecule has 0 fully saturated rings. The van der Waals surface area contributed by atoms with Gasteiger partial charge in [-0.2, -0.15) is 0 Å². The van der Waals surface area contributed by atoms with Crippen molar-refractivity contribution in [2.45, 2.75) is 72.4 Å². The Hall–Kier alpha value is -3.17. The van der Waals surface area contributed by atoms with Crippen LogP contribution in [-0.2, 0) is 28.7 Å². The van der Waals surface area contributed by atoms with Gasteiger partial charge in [0.2, 0.25) is 23.6 Å². The third-order valence-corrected chi connectivity index (χ3v) is 6.13. The highest BCUT2D eigenvalue weighted by atomic mass is 16.5. The molecule has 0 aromatic rings. The molecule has 0 aliphatic carbocycles. The zero-order valence-corrected chi connectivity index (χ0v) is 22.3. The second-order valence-corrected chi connectivity index (χ2v) is 10.3. The maximum atomic E-state index is 13.2. The number of rotatable bonds is 8. The number of hydrogen-bond acceptors (Lipinski definition) is 6. The summed E-state index contributed by atoms with van der Waals surface area (Å²) in [6, 6.07) is -1.16. The predicted molar refractivity (Wildman–Crippen MR) is 136 cm³/mol. The molecule has 1 aliphatic heterocycles. The maximum Gasteiger partial charge on any atom is 0.328 e. The lowest BCUT2D eigenvalue weighted by Gasteiger charge is -2.32. The van der Waals surface area contributed by atoms with Crippen molar-refractivity contribution in [1.82, 2.24) is 15.5 Å². The van der Waals surface area contributed by atoms with Gasteiger partial charge in [-0.1, -0.05) is 41.2 Å². The first-order valence-electron chi connectivity index (χ1n) is 12.4. The van der Waals surface area contributed by atoms with Crippen LogP contribution in [0.1, 0.15) is 60.3 Å². The number of likely N-dealkylation sites (N-methyl/N-ethyl adjacent to an activating group) is 1. The van der Waals surface area contributed by atoms with Crippen molar-refractivity contribution in [1.29, 1.82) is 0 Å². The van der Waals surface area contributed by atoms with E-state index in [2.05, 4.69) is 38.0 Å². The summed E-state index contributed by atoms with van der Waals surface area (Å²) in [6.45, 7) is 13.4. The van der Waals surface area contributed by atoms with E-state index >= 15 is 0 Å². The standard InChI is InChI=1S/C26H42N4O6/c1-15(2)12-16(3)13-17(4)24-19(6)25(34)28-18(5)8-11-23(33)30(7)14-22(32)29-20(26(35)36-24)9-10-21(27)31/h8,11,15-17,19-20,24H,5,9-10,12-14H2,1-4,6-7H3,(H2,27,31)(H,28,34)(H,29,32)/b11-8+. The minimum atomic E-state index is -1.16. The lowest BCUT2D eigenvalue weighted by atomic mass is 9.83. The number of nitrogens with one attached hydrogen (secondary N) is 2. The first kappa shape index (κ1) is 30.9. The van der Waals surface area contributed by atoms with Crippen molar-refractivity contribution >= 4 is 29.6 Å². The Morgan fingerprint density at radius 3 is 2.39 bits per heavy atom. The number of carbonyl (C=O) groups excluding carboxylic acids is 5. The fourth-order valence-corrected chi connectivity index (χ4v) is 4.43. The van der Waals surface area contributed by atoms with E-state index in [1.165, 1.54) is 19.2 Å². The summed E-state index contributed by atoms with van der Waals surface area (Å²) in [4.78, 5) is 63.7. The molecule has 0 radical (unpaired) electrons. The zero-order valence-electron chi connectivity index (χ0n) is 22.3. The highest BCUT2D eigenvalue weighted by molar-refractivity contribution is 5.93. The van der Waals surface area contributed by atoms with Gasteiger partial charge in [-0.15, -0.1) is 0 Å². The summed E-state index contributed by atoms with van der Waals surface area (Å²) < 4.78 is 5.86. The van der Waals surface area contributed by atoms with Crippen LogP contribution in [0.2, 0.25) is 0 Å². The Kier molecular flexibility index (Phi) is 12.3. The molecule has 0 spiro atoms. The van der Waals surface area contributed by atoms with E-state index in [0.29, 0.717) is 18.3 Å². The van der Waals surface area contributed by atoms with Crippen molar-refractivity contribution in [3.63, 3.8) is 0 Å². The first-order valence-corrected chi connectivity index (χ1v) is 12.4. The van der Waals surface area contributed by atoms with Crippen molar-refractivity contribution in [2.75, 3.05) is 13.6 Å². The molecule has 10 heteroatoms. The summed E-state index contributed by atoms with van der Waals surface area (Å²) in [7, 11) is 1.42. The number of esters is 1. The molecule has 5 unspecified atom stereocenters. The Labute approximate surface area is 214 Å². The lowest BCUT2D eigenvalue weighted by Crippen LogP contribution is -2.49. The molecular weight excluding hydrogens is 464 g/mol. The molecule has 0 saturated heterocycles. The van der Waals surface area contributed by atoms with Gasteiger partial charge in [-0.05, 0) is 43.1 Å². The van der Waals surface area contributed by atoms with Crippen molar-refractivity contribution in [2.24, 2.45) is 29.4 Å². The normalized spacial score (nSPS) is 25.2. The minimum absolute atomic E-state index is 0.0697. The third-order valence-electron chi connectivity index (χ3n) is 6.13. The molecular formula is C26H42N4O6. The number of carbonyl (C=O) groups is 5. The average molecular weight is 507 g/mol. The number of nitrogens with two attached hydrogens (primary N) is 1. The highest BCUT2D eigenvalue weighted by Crippen LogP contribution is 2.27. The van der Waals surface area contributed by atoms with Crippen molar-refractivity contribution in [3.05, 3.63) is 24.4 Å². The fraction of sp³-hybridized carbons (Fsp3) is 0.654. The molecule has 1 aliphatic rings. The van der Waals surface area contributed by atoms with Crippen LogP contribution in [0.25, 0.3) is 0 Å². The second kappa shape index (κ2) is 14.4. The summed E-state index contributed by atoms with van der Waals surface area (Å²) in [5.41, 5.74) is 5.45. The highest BCUT2D eigenvalue weighted by Gasteiger charge is 2.35. The first-order chi connectivity index (χ1) is 16.7. The second-order valence-electron chi connectivity index (χ2n) is 10.3. The van der Waals surface area contributed by atoms with Crippen LogP contribution in [0.5, 0.6) is 0 Å². The van der Waals surface area contributed by atoms with Crippen LogP contribution in [0.15, 0.2) is 24.4 Å². The van der Waals surface area contributed by atoms with Gasteiger partial charge in [-0.25, -0.2) is 4.79 Å². The molecule has 0 aromatic carbocycles. The molecule has 0 aromatic heterocycles. The van der Waals surface area contributed by atoms with E-state index in [9.17, 15) is 24.0 Å². The molecule has 0 bridgehead atoms. The fourth-order valence-electron chi connectivity index (χ4n) is 4.43. The number of primary amides is 1. The number of hydrogen-bond donors (Lipinski definition) is 3. The van der Waals surface area contributed by atoms with E-state index in [4.69, 9.17) is 10.5 Å². The minimum Gasteiger partial charge on any atom is -0.460 e. The molecule has 4 amide bonds. The van der Waals surface area contributed by atoms with E-state index in [1.807, 2.05) is 6.92 Å². The number of cyclic esters (lactones) is 1. The largest absolute Gasteiger partial charge is 0.460 e. The van der Waals surface area contributed by atoms with E-state index in [-0.39, 0.29) is 31.0 Å². The number of ether oxygens (including phenoxy) is 1. The van der Waals surface area contributed by atoms with Gasteiger partial charge in [0.25, 0.3) is 0 Å². The van der Waals surface area contributed by atoms with Crippen LogP contribution < -0.4 is 16.4 Å². The Morgan fingerprint density at radius 1 is 1.17 bits per heavy atom. The van der Waals surface area contributed by atoms with E-state index in [0.717, 1.165) is 11.3 Å². The van der Waals surface area contributed by atoms with Crippen LogP contribution in [0.4, 0.5) is 0 Å². The molecule has 202 valence electrons. The van der Waals surface area contributed by atoms with Gasteiger partial charge in [0.15, 0.2) is 0 Å². The summed E-state index contributed by atoms with van der Waals surface area (Å²) in [5.74, 6) is -3.02. The SMILES string of the molecule is C=C1/C=C/C(=O)N(C)CC(=O)NC(CCC(N)=O)C(=O)OC(C(C)CC(C)CC(C)C)C(C)C(=O)N1.